The van der Waals surface area contributed by atoms with E-state index in [1.807, 2.05) is 24.3 Å². The van der Waals surface area contributed by atoms with Gasteiger partial charge in [-0.25, -0.2) is 15.0 Å². The lowest BCUT2D eigenvalue weighted by Crippen LogP contribution is -2.02. The summed E-state index contributed by atoms with van der Waals surface area (Å²) in [5.74, 6) is 1.89. The Balaban J connectivity index is 1.19. The Morgan fingerprint density at radius 3 is 1.62 bits per heavy atom. The molecule has 0 aliphatic carbocycles. The van der Waals surface area contributed by atoms with E-state index in [0.717, 1.165) is 55.3 Å². The minimum atomic E-state index is 0.623. The second-order valence-corrected chi connectivity index (χ2v) is 14.1. The summed E-state index contributed by atoms with van der Waals surface area (Å²) in [4.78, 5) is 15.5. The van der Waals surface area contributed by atoms with Gasteiger partial charge in [-0.05, 0) is 74.5 Å². The molecule has 55 heavy (non-hydrogen) atoms. The molecule has 4 heteroatoms. The van der Waals surface area contributed by atoms with Gasteiger partial charge in [-0.2, -0.15) is 0 Å². The Kier molecular flexibility index (Phi) is 7.14. The fraction of sp³-hybridized carbons (Fsp3) is 0. The molecule has 0 unspecified atom stereocenters. The second kappa shape index (κ2) is 12.6. The third-order valence-electron chi connectivity index (χ3n) is 10.8. The summed E-state index contributed by atoms with van der Waals surface area (Å²) in [6.45, 7) is 0. The van der Waals surface area contributed by atoms with Crippen molar-refractivity contribution in [2.45, 2.75) is 0 Å². The number of aromatic nitrogens is 4. The zero-order valence-electron chi connectivity index (χ0n) is 29.8. The summed E-state index contributed by atoms with van der Waals surface area (Å²) < 4.78 is 2.44. The van der Waals surface area contributed by atoms with E-state index in [2.05, 4.69) is 174 Å². The van der Waals surface area contributed by atoms with Crippen LogP contribution in [0.2, 0.25) is 0 Å². The molecule has 2 heterocycles. The highest BCUT2D eigenvalue weighted by Crippen LogP contribution is 2.41. The highest BCUT2D eigenvalue weighted by molar-refractivity contribution is 6.23. The lowest BCUT2D eigenvalue weighted by atomic mass is 10.0. The summed E-state index contributed by atoms with van der Waals surface area (Å²) in [5, 5.41) is 9.64. The molecule has 0 bridgehead atoms. The van der Waals surface area contributed by atoms with Gasteiger partial charge in [0.2, 0.25) is 0 Å². The Bertz CT molecular complexity index is 3260. The summed E-state index contributed by atoms with van der Waals surface area (Å²) in [6.07, 6.45) is 0. The van der Waals surface area contributed by atoms with Crippen LogP contribution >= 0.6 is 0 Å². The van der Waals surface area contributed by atoms with Crippen LogP contribution in [0.25, 0.3) is 105 Å². The molecule has 0 atom stereocenters. The first kappa shape index (κ1) is 31.1. The molecule has 2 aromatic heterocycles. The first-order chi connectivity index (χ1) is 27.2. The maximum atomic E-state index is 5.24. The topological polar surface area (TPSA) is 43.6 Å². The fourth-order valence-electron chi connectivity index (χ4n) is 8.16. The Labute approximate surface area is 317 Å². The van der Waals surface area contributed by atoms with E-state index >= 15 is 0 Å². The maximum Gasteiger partial charge on any atom is 0.164 e. The number of benzene rings is 9. The number of rotatable bonds is 5. The molecule has 11 rings (SSSR count). The maximum absolute atomic E-state index is 5.24. The number of hydrogen-bond donors (Lipinski definition) is 0. The van der Waals surface area contributed by atoms with Gasteiger partial charge in [0.25, 0.3) is 0 Å². The molecule has 0 radical (unpaired) electrons. The molecule has 256 valence electrons. The van der Waals surface area contributed by atoms with Crippen molar-refractivity contribution < 1.29 is 0 Å². The van der Waals surface area contributed by atoms with Gasteiger partial charge < -0.3 is 4.57 Å². The quantitative estimate of drug-likeness (QED) is 0.179. The molecule has 4 nitrogen and oxygen atoms in total. The van der Waals surface area contributed by atoms with Crippen LogP contribution < -0.4 is 0 Å². The van der Waals surface area contributed by atoms with Gasteiger partial charge in [0.15, 0.2) is 17.5 Å². The normalized spacial score (nSPS) is 11.6. The van der Waals surface area contributed by atoms with Gasteiger partial charge in [-0.3, -0.25) is 0 Å². The van der Waals surface area contributed by atoms with Gasteiger partial charge in [-0.15, -0.1) is 0 Å². The first-order valence-electron chi connectivity index (χ1n) is 18.6. The average Bonchev–Trinajstić information content (AvgIpc) is 3.59. The van der Waals surface area contributed by atoms with Crippen LogP contribution in [-0.4, -0.2) is 19.5 Å². The molecular weight excluding hydrogens is 669 g/mol. The van der Waals surface area contributed by atoms with Crippen molar-refractivity contribution in [2.24, 2.45) is 0 Å². The van der Waals surface area contributed by atoms with E-state index in [1.165, 1.54) is 32.3 Å². The molecule has 0 amide bonds. The fourth-order valence-corrected chi connectivity index (χ4v) is 8.16. The van der Waals surface area contributed by atoms with Crippen LogP contribution in [0.15, 0.2) is 194 Å². The summed E-state index contributed by atoms with van der Waals surface area (Å²) in [6, 6.07) is 68.7. The monoisotopic (exact) mass is 700 g/mol. The van der Waals surface area contributed by atoms with Crippen LogP contribution in [0.1, 0.15) is 0 Å². The zero-order chi connectivity index (χ0) is 36.3. The largest absolute Gasteiger partial charge is 0.309 e. The smallest absolute Gasteiger partial charge is 0.164 e. The van der Waals surface area contributed by atoms with Gasteiger partial charge in [0.1, 0.15) is 0 Å². The Morgan fingerprint density at radius 1 is 0.291 bits per heavy atom. The van der Waals surface area contributed by atoms with Crippen molar-refractivity contribution in [1.29, 1.82) is 0 Å². The molecule has 0 spiro atoms. The number of fused-ring (bicyclic) bond motifs is 7. The van der Waals surface area contributed by atoms with Crippen molar-refractivity contribution in [2.75, 3.05) is 0 Å². The van der Waals surface area contributed by atoms with Gasteiger partial charge >= 0.3 is 0 Å². The van der Waals surface area contributed by atoms with Crippen LogP contribution in [0.5, 0.6) is 0 Å². The minimum absolute atomic E-state index is 0.623. The lowest BCUT2D eigenvalue weighted by molar-refractivity contribution is 1.07. The standard InChI is InChI=1S/C51H32N4/c1-3-14-33(15-4-1)36-22-13-23-40(28-36)50-52-49(35-17-5-2-6-18-35)53-51(54-50)41-29-39-21-10-11-24-42(39)46(32-41)55-45-27-26-34-16-9-12-25-43(34)48(45)44-30-37-19-7-8-20-38(37)31-47(44)55/h1-32H. The SMILES string of the molecule is c1ccc(-c2cccc(-c3nc(-c4ccccc4)nc(-c4cc(-n5c6cc7ccccc7cc6c6c7ccccc7ccc65)c5ccccc5c4)n3)c2)cc1. The van der Waals surface area contributed by atoms with Crippen molar-refractivity contribution in [3.05, 3.63) is 194 Å². The highest BCUT2D eigenvalue weighted by Gasteiger charge is 2.20. The minimum Gasteiger partial charge on any atom is -0.309 e. The van der Waals surface area contributed by atoms with Crippen molar-refractivity contribution in [1.82, 2.24) is 19.5 Å². The summed E-state index contributed by atoms with van der Waals surface area (Å²) in [5.41, 5.74) is 8.45. The number of nitrogens with zero attached hydrogens (tertiary/aromatic N) is 4. The van der Waals surface area contributed by atoms with E-state index in [-0.39, 0.29) is 0 Å². The highest BCUT2D eigenvalue weighted by atomic mass is 15.0. The molecule has 0 fully saturated rings. The first-order valence-corrected chi connectivity index (χ1v) is 18.6. The van der Waals surface area contributed by atoms with E-state index in [1.54, 1.807) is 0 Å². The van der Waals surface area contributed by atoms with Gasteiger partial charge in [0, 0.05) is 32.8 Å². The van der Waals surface area contributed by atoms with Crippen LogP contribution in [0.4, 0.5) is 0 Å². The van der Waals surface area contributed by atoms with E-state index in [9.17, 15) is 0 Å². The molecular formula is C51H32N4. The van der Waals surface area contributed by atoms with Gasteiger partial charge in [0.05, 0.1) is 16.7 Å². The zero-order valence-corrected chi connectivity index (χ0v) is 29.8. The molecule has 0 aliphatic rings. The van der Waals surface area contributed by atoms with Crippen LogP contribution in [0, 0.1) is 0 Å². The summed E-state index contributed by atoms with van der Waals surface area (Å²) in [7, 11) is 0. The Morgan fingerprint density at radius 2 is 0.855 bits per heavy atom. The summed E-state index contributed by atoms with van der Waals surface area (Å²) >= 11 is 0. The van der Waals surface area contributed by atoms with Crippen LogP contribution in [-0.2, 0) is 0 Å². The molecule has 0 N–H and O–H groups in total. The van der Waals surface area contributed by atoms with E-state index in [4.69, 9.17) is 15.0 Å². The molecule has 0 saturated heterocycles. The molecule has 0 aliphatic heterocycles. The van der Waals surface area contributed by atoms with Crippen molar-refractivity contribution in [3.8, 4) is 51.0 Å². The van der Waals surface area contributed by atoms with Crippen molar-refractivity contribution >= 4 is 54.1 Å². The predicted octanol–water partition coefficient (Wildman–Crippen LogP) is 13.1. The van der Waals surface area contributed by atoms with Gasteiger partial charge in [-0.1, -0.05) is 158 Å². The molecule has 0 saturated carbocycles. The molecule has 9 aromatic carbocycles. The van der Waals surface area contributed by atoms with Crippen molar-refractivity contribution in [3.63, 3.8) is 0 Å². The second-order valence-electron chi connectivity index (χ2n) is 14.1. The third-order valence-corrected chi connectivity index (χ3v) is 10.8. The van der Waals surface area contributed by atoms with E-state index in [0.29, 0.717) is 17.5 Å². The Hall–Kier alpha value is -7.43. The molecule has 11 aromatic rings. The third kappa shape index (κ3) is 5.26. The average molecular weight is 701 g/mol. The lowest BCUT2D eigenvalue weighted by Gasteiger charge is -2.15. The number of hydrogen-bond acceptors (Lipinski definition) is 3. The van der Waals surface area contributed by atoms with Crippen LogP contribution in [0.3, 0.4) is 0 Å². The van der Waals surface area contributed by atoms with E-state index < -0.39 is 0 Å². The predicted molar refractivity (Wildman–Crippen MR) is 228 cm³/mol.